The molecule has 0 spiro atoms. The summed E-state index contributed by atoms with van der Waals surface area (Å²) >= 11 is -0.475. The third-order valence-corrected chi connectivity index (χ3v) is 4.04. The summed E-state index contributed by atoms with van der Waals surface area (Å²) in [6.45, 7) is 3.41. The van der Waals surface area contributed by atoms with Gasteiger partial charge in [0.05, 0.1) is 0 Å². The van der Waals surface area contributed by atoms with Crippen LogP contribution in [0.2, 0.25) is 0 Å². The fraction of sp³-hybridized carbons (Fsp3) is 0.182. The van der Waals surface area contributed by atoms with Gasteiger partial charge in [-0.3, -0.25) is 0 Å². The average molecular weight is 281 g/mol. The molecule has 1 aromatic carbocycles. The Balaban J connectivity index is 2.52. The molecule has 4 nitrogen and oxygen atoms in total. The van der Waals surface area contributed by atoms with Gasteiger partial charge in [0, 0.05) is 0 Å². The Morgan fingerprint density at radius 1 is 1.31 bits per heavy atom. The maximum atomic E-state index is 11.7. The van der Waals surface area contributed by atoms with E-state index in [1.807, 2.05) is 31.2 Å². The van der Waals surface area contributed by atoms with E-state index in [4.69, 9.17) is 0 Å². The number of aryl methyl sites for hydroxylation is 1. The summed E-state index contributed by atoms with van der Waals surface area (Å²) in [5.74, 6) is -0.122. The molecular formula is C11H10N2O2Se. The van der Waals surface area contributed by atoms with Gasteiger partial charge in [-0.05, 0) is 0 Å². The number of benzene rings is 1. The third kappa shape index (κ3) is 2.05. The Labute approximate surface area is 98.3 Å². The molecule has 0 aliphatic rings. The van der Waals surface area contributed by atoms with Gasteiger partial charge in [0.1, 0.15) is 0 Å². The minimum atomic E-state index is -0.475. The van der Waals surface area contributed by atoms with Crippen molar-refractivity contribution in [3.63, 3.8) is 0 Å². The molecule has 0 fully saturated rings. The zero-order valence-electron chi connectivity index (χ0n) is 8.93. The molecule has 0 radical (unpaired) electrons. The van der Waals surface area contributed by atoms with E-state index in [0.717, 1.165) is 5.56 Å². The Kier molecular flexibility index (Phi) is 2.90. The standard InChI is InChI=1S/C11H10N2O2Se/c1-7-3-5-9(6-4-7)13-11(15)16-10(12-13)8(2)14/h3-6H,1-2H3. The number of hydrogen-bond acceptors (Lipinski definition) is 3. The molecule has 0 unspecified atom stereocenters. The number of aromatic nitrogens is 2. The van der Waals surface area contributed by atoms with Gasteiger partial charge in [-0.25, -0.2) is 0 Å². The maximum absolute atomic E-state index is 11.7. The normalized spacial score (nSPS) is 10.4. The van der Waals surface area contributed by atoms with Crippen LogP contribution in [0.15, 0.2) is 29.1 Å². The van der Waals surface area contributed by atoms with E-state index in [1.165, 1.54) is 11.6 Å². The second-order valence-electron chi connectivity index (χ2n) is 3.48. The average Bonchev–Trinajstić information content (AvgIpc) is 2.62. The second-order valence-corrected chi connectivity index (χ2v) is 5.45. The molecule has 2 rings (SSSR count). The van der Waals surface area contributed by atoms with Crippen LogP contribution in [-0.2, 0) is 0 Å². The summed E-state index contributed by atoms with van der Waals surface area (Å²) in [4.78, 5) is 22.8. The summed E-state index contributed by atoms with van der Waals surface area (Å²) < 4.78 is 1.61. The molecule has 82 valence electrons. The predicted molar refractivity (Wildman–Crippen MR) is 61.5 cm³/mol. The molecule has 16 heavy (non-hydrogen) atoms. The molecule has 0 aliphatic carbocycles. The van der Waals surface area contributed by atoms with E-state index in [2.05, 4.69) is 5.10 Å². The summed E-state index contributed by atoms with van der Waals surface area (Å²) in [6, 6.07) is 7.49. The van der Waals surface area contributed by atoms with Crippen LogP contribution in [-0.4, -0.2) is 30.1 Å². The molecular weight excluding hydrogens is 271 g/mol. The molecule has 0 N–H and O–H groups in total. The number of Topliss-reactive ketones (excluding diaryl/α,β-unsaturated/α-hetero) is 1. The van der Waals surface area contributed by atoms with E-state index in [1.54, 1.807) is 0 Å². The topological polar surface area (TPSA) is 52.0 Å². The van der Waals surface area contributed by atoms with Crippen molar-refractivity contribution >= 4 is 20.3 Å². The fourth-order valence-corrected chi connectivity index (χ4v) is 2.66. The van der Waals surface area contributed by atoms with Crippen LogP contribution in [0.5, 0.6) is 0 Å². The monoisotopic (exact) mass is 282 g/mol. The van der Waals surface area contributed by atoms with Gasteiger partial charge in [-0.15, -0.1) is 0 Å². The second kappa shape index (κ2) is 4.20. The van der Waals surface area contributed by atoms with Crippen molar-refractivity contribution in [2.75, 3.05) is 0 Å². The van der Waals surface area contributed by atoms with Crippen molar-refractivity contribution in [3.8, 4) is 5.69 Å². The third-order valence-electron chi connectivity index (χ3n) is 2.13. The number of nitrogens with zero attached hydrogens (tertiary/aromatic N) is 2. The molecule has 2 aromatic rings. The van der Waals surface area contributed by atoms with Crippen molar-refractivity contribution in [3.05, 3.63) is 43.6 Å². The van der Waals surface area contributed by atoms with Crippen LogP contribution >= 0.6 is 0 Å². The number of hydrogen-bond donors (Lipinski definition) is 0. The summed E-state index contributed by atoms with van der Waals surface area (Å²) in [5.41, 5.74) is 1.84. The first-order valence-electron chi connectivity index (χ1n) is 4.76. The zero-order chi connectivity index (χ0) is 11.7. The van der Waals surface area contributed by atoms with Gasteiger partial charge in [0.25, 0.3) is 0 Å². The molecule has 0 atom stereocenters. The molecule has 0 saturated carbocycles. The predicted octanol–water partition coefficient (Wildman–Crippen LogP) is 0.801. The van der Waals surface area contributed by atoms with Crippen LogP contribution < -0.4 is 4.43 Å². The first-order chi connectivity index (χ1) is 7.58. The number of carbonyl (C=O) groups is 1. The fourth-order valence-electron chi connectivity index (χ4n) is 1.27. The molecule has 0 aliphatic heterocycles. The van der Waals surface area contributed by atoms with Crippen molar-refractivity contribution in [1.82, 2.24) is 9.78 Å². The van der Waals surface area contributed by atoms with E-state index >= 15 is 0 Å². The van der Waals surface area contributed by atoms with Crippen LogP contribution in [0.4, 0.5) is 0 Å². The van der Waals surface area contributed by atoms with Gasteiger partial charge in [-0.1, -0.05) is 0 Å². The van der Waals surface area contributed by atoms with Crippen LogP contribution in [0.25, 0.3) is 5.69 Å². The van der Waals surface area contributed by atoms with Gasteiger partial charge in [0.15, 0.2) is 0 Å². The van der Waals surface area contributed by atoms with Crippen molar-refractivity contribution in [1.29, 1.82) is 0 Å². The SMILES string of the molecule is CC(=O)c1nn(-c2ccc(C)cc2)c(=O)[se]1. The summed E-state index contributed by atoms with van der Waals surface area (Å²) in [5, 5.41) is 4.05. The Bertz CT molecular complexity index is 581. The van der Waals surface area contributed by atoms with E-state index in [-0.39, 0.29) is 10.2 Å². The van der Waals surface area contributed by atoms with E-state index in [0.29, 0.717) is 10.3 Å². The van der Waals surface area contributed by atoms with E-state index < -0.39 is 14.5 Å². The van der Waals surface area contributed by atoms with Crippen molar-refractivity contribution in [2.24, 2.45) is 0 Å². The number of rotatable bonds is 2. The van der Waals surface area contributed by atoms with Crippen LogP contribution in [0.1, 0.15) is 21.8 Å². The summed E-state index contributed by atoms with van der Waals surface area (Å²) in [7, 11) is 0. The van der Waals surface area contributed by atoms with Gasteiger partial charge < -0.3 is 0 Å². The molecule has 0 saturated heterocycles. The quantitative estimate of drug-likeness (QED) is 0.604. The Morgan fingerprint density at radius 3 is 2.44 bits per heavy atom. The van der Waals surface area contributed by atoms with Crippen molar-refractivity contribution < 1.29 is 4.79 Å². The Hall–Kier alpha value is -1.45. The molecule has 0 bridgehead atoms. The molecule has 0 amide bonds. The first kappa shape index (κ1) is 11.0. The zero-order valence-corrected chi connectivity index (χ0v) is 10.6. The summed E-state index contributed by atoms with van der Waals surface area (Å²) in [6.07, 6.45) is 0. The minimum absolute atomic E-state index is 0.0958. The molecule has 1 aromatic heterocycles. The van der Waals surface area contributed by atoms with Crippen LogP contribution in [0.3, 0.4) is 0 Å². The Morgan fingerprint density at radius 2 is 1.94 bits per heavy atom. The van der Waals surface area contributed by atoms with Crippen LogP contribution in [0, 0.1) is 6.92 Å². The molecule has 5 heteroatoms. The van der Waals surface area contributed by atoms with E-state index in [9.17, 15) is 9.59 Å². The van der Waals surface area contributed by atoms with Gasteiger partial charge >= 0.3 is 98.0 Å². The van der Waals surface area contributed by atoms with Gasteiger partial charge in [0.2, 0.25) is 0 Å². The first-order valence-corrected chi connectivity index (χ1v) is 6.47. The molecule has 1 heterocycles. The van der Waals surface area contributed by atoms with Crippen molar-refractivity contribution in [2.45, 2.75) is 13.8 Å². The number of ketones is 1. The van der Waals surface area contributed by atoms with Gasteiger partial charge in [-0.2, -0.15) is 0 Å². The number of carbonyl (C=O) groups excluding carboxylic acids is 1.